The van der Waals surface area contributed by atoms with Gasteiger partial charge in [0.1, 0.15) is 0 Å². The van der Waals surface area contributed by atoms with Gasteiger partial charge in [-0.2, -0.15) is 0 Å². The number of carbonyl (C=O) groups is 1. The SMILES string of the molecule is CC(C)c1ccc(C2CC(=O)C3=C(C2)Nc2nc4ccccc4n2C32CCCCC2)cc1. The molecule has 2 aromatic carbocycles. The van der Waals surface area contributed by atoms with Crippen LogP contribution in [0.15, 0.2) is 59.8 Å². The van der Waals surface area contributed by atoms with E-state index in [-0.39, 0.29) is 11.5 Å². The summed E-state index contributed by atoms with van der Waals surface area (Å²) in [5.74, 6) is 1.98. The van der Waals surface area contributed by atoms with Gasteiger partial charge in [0.05, 0.1) is 16.6 Å². The van der Waals surface area contributed by atoms with Gasteiger partial charge in [-0.15, -0.1) is 0 Å². The summed E-state index contributed by atoms with van der Waals surface area (Å²) in [6.07, 6.45) is 7.12. The van der Waals surface area contributed by atoms with Crippen LogP contribution in [0, 0.1) is 0 Å². The van der Waals surface area contributed by atoms with Gasteiger partial charge < -0.3 is 5.32 Å². The summed E-state index contributed by atoms with van der Waals surface area (Å²) >= 11 is 0. The summed E-state index contributed by atoms with van der Waals surface area (Å²) in [5, 5.41) is 3.63. The molecule has 1 fully saturated rings. The van der Waals surface area contributed by atoms with Crippen LogP contribution in [0.25, 0.3) is 11.0 Å². The topological polar surface area (TPSA) is 46.9 Å². The molecule has 1 spiro atoms. The number of benzene rings is 2. The third-order valence-electron chi connectivity index (χ3n) is 7.94. The number of para-hydroxylation sites is 2. The number of rotatable bonds is 2. The molecule has 0 saturated heterocycles. The van der Waals surface area contributed by atoms with Gasteiger partial charge in [0, 0.05) is 17.7 Å². The number of hydrogen-bond donors (Lipinski definition) is 1. The van der Waals surface area contributed by atoms with Crippen LogP contribution < -0.4 is 5.32 Å². The van der Waals surface area contributed by atoms with Crippen molar-refractivity contribution in [3.05, 3.63) is 70.9 Å². The maximum absolute atomic E-state index is 13.8. The minimum absolute atomic E-state index is 0.228. The van der Waals surface area contributed by atoms with Crippen molar-refractivity contribution in [2.75, 3.05) is 5.32 Å². The monoisotopic (exact) mass is 425 g/mol. The number of fused-ring (bicyclic) bond motifs is 5. The molecule has 3 aliphatic rings. The summed E-state index contributed by atoms with van der Waals surface area (Å²) in [5.41, 5.74) is 6.69. The molecule has 0 bridgehead atoms. The van der Waals surface area contributed by atoms with Crippen molar-refractivity contribution in [1.29, 1.82) is 0 Å². The van der Waals surface area contributed by atoms with E-state index >= 15 is 0 Å². The largest absolute Gasteiger partial charge is 0.329 e. The average Bonchev–Trinajstić information content (AvgIpc) is 3.18. The minimum Gasteiger partial charge on any atom is -0.329 e. The molecule has 4 heteroatoms. The molecule has 1 saturated carbocycles. The fraction of sp³-hybridized carbons (Fsp3) is 0.429. The summed E-state index contributed by atoms with van der Waals surface area (Å²) in [6, 6.07) is 17.3. The molecular formula is C28H31N3O. The number of hydrogen-bond acceptors (Lipinski definition) is 3. The molecule has 6 rings (SSSR count). The predicted molar refractivity (Wildman–Crippen MR) is 129 cm³/mol. The van der Waals surface area contributed by atoms with Crippen LogP contribution in [-0.4, -0.2) is 15.3 Å². The molecule has 3 aromatic rings. The predicted octanol–water partition coefficient (Wildman–Crippen LogP) is 6.65. The maximum Gasteiger partial charge on any atom is 0.208 e. The number of carbonyl (C=O) groups excluding carboxylic acids is 1. The number of nitrogens with one attached hydrogen (secondary N) is 1. The van der Waals surface area contributed by atoms with Crippen molar-refractivity contribution in [3.63, 3.8) is 0 Å². The Morgan fingerprint density at radius 1 is 1.00 bits per heavy atom. The van der Waals surface area contributed by atoms with Crippen molar-refractivity contribution < 1.29 is 4.79 Å². The Hall–Kier alpha value is -2.88. The highest BCUT2D eigenvalue weighted by atomic mass is 16.1. The number of allylic oxidation sites excluding steroid dienone is 2. The Morgan fingerprint density at radius 2 is 1.75 bits per heavy atom. The van der Waals surface area contributed by atoms with E-state index in [1.54, 1.807) is 0 Å². The van der Waals surface area contributed by atoms with E-state index in [1.807, 2.05) is 6.07 Å². The van der Waals surface area contributed by atoms with Crippen molar-refractivity contribution in [3.8, 4) is 0 Å². The van der Waals surface area contributed by atoms with Gasteiger partial charge >= 0.3 is 0 Å². The molecule has 2 heterocycles. The highest BCUT2D eigenvalue weighted by molar-refractivity contribution is 6.01. The number of ketones is 1. The van der Waals surface area contributed by atoms with E-state index < -0.39 is 0 Å². The number of nitrogens with zero attached hydrogens (tertiary/aromatic N) is 2. The molecule has 1 aromatic heterocycles. The third kappa shape index (κ3) is 2.88. The molecule has 1 aliphatic heterocycles. The zero-order valence-electron chi connectivity index (χ0n) is 19.0. The zero-order chi connectivity index (χ0) is 21.9. The molecule has 4 nitrogen and oxygen atoms in total. The van der Waals surface area contributed by atoms with E-state index in [2.05, 4.69) is 66.2 Å². The van der Waals surface area contributed by atoms with E-state index in [0.29, 0.717) is 18.1 Å². The summed E-state index contributed by atoms with van der Waals surface area (Å²) in [7, 11) is 0. The van der Waals surface area contributed by atoms with Gasteiger partial charge in [-0.25, -0.2) is 4.98 Å². The lowest BCUT2D eigenvalue weighted by Gasteiger charge is -2.47. The van der Waals surface area contributed by atoms with Crippen molar-refractivity contribution >= 4 is 22.8 Å². The van der Waals surface area contributed by atoms with Crippen molar-refractivity contribution in [1.82, 2.24) is 9.55 Å². The lowest BCUT2D eigenvalue weighted by molar-refractivity contribution is -0.117. The molecule has 1 atom stereocenters. The maximum atomic E-state index is 13.8. The first-order valence-corrected chi connectivity index (χ1v) is 12.2. The minimum atomic E-state index is -0.242. The van der Waals surface area contributed by atoms with Crippen LogP contribution >= 0.6 is 0 Å². The smallest absolute Gasteiger partial charge is 0.208 e. The van der Waals surface area contributed by atoms with E-state index in [4.69, 9.17) is 4.98 Å². The standard InChI is InChI=1S/C28H31N3O/c1-18(2)19-10-12-20(13-11-19)21-16-23-26(25(32)17-21)28(14-6-3-7-15-28)31-24-9-5-4-8-22(24)29-27(31)30-23/h4-5,8-13,18,21H,3,6-7,14-17H2,1-2H3,(H,29,30). The Kier molecular flexibility index (Phi) is 4.53. The first-order valence-electron chi connectivity index (χ1n) is 12.2. The van der Waals surface area contributed by atoms with E-state index in [9.17, 15) is 4.79 Å². The zero-order valence-corrected chi connectivity index (χ0v) is 19.0. The summed E-state index contributed by atoms with van der Waals surface area (Å²) in [4.78, 5) is 18.8. The summed E-state index contributed by atoms with van der Waals surface area (Å²) < 4.78 is 2.37. The molecule has 1 N–H and O–H groups in total. The van der Waals surface area contributed by atoms with Gasteiger partial charge in [-0.3, -0.25) is 9.36 Å². The van der Waals surface area contributed by atoms with Crippen molar-refractivity contribution in [2.24, 2.45) is 0 Å². The van der Waals surface area contributed by atoms with Crippen molar-refractivity contribution in [2.45, 2.75) is 76.2 Å². The molecule has 0 amide bonds. The second-order valence-corrected chi connectivity index (χ2v) is 10.2. The number of aromatic nitrogens is 2. The fourth-order valence-corrected chi connectivity index (χ4v) is 6.36. The lowest BCUT2D eigenvalue weighted by Crippen LogP contribution is -2.47. The number of anilines is 1. The Morgan fingerprint density at radius 3 is 2.50 bits per heavy atom. The van der Waals surface area contributed by atoms with Crippen LogP contribution in [0.3, 0.4) is 0 Å². The Bertz CT molecular complexity index is 1230. The first kappa shape index (κ1) is 19.8. The van der Waals surface area contributed by atoms with Gasteiger partial charge in [0.15, 0.2) is 5.78 Å². The van der Waals surface area contributed by atoms with E-state index in [0.717, 1.165) is 60.4 Å². The molecule has 1 unspecified atom stereocenters. The summed E-state index contributed by atoms with van der Waals surface area (Å²) in [6.45, 7) is 4.44. The fourth-order valence-electron chi connectivity index (χ4n) is 6.36. The van der Waals surface area contributed by atoms with Crippen LogP contribution in [0.1, 0.15) is 81.8 Å². The highest BCUT2D eigenvalue weighted by Crippen LogP contribution is 2.52. The van der Waals surface area contributed by atoms with Gasteiger partial charge in [0.2, 0.25) is 5.95 Å². The molecule has 164 valence electrons. The molecule has 0 radical (unpaired) electrons. The van der Waals surface area contributed by atoms with Crippen LogP contribution in [0.2, 0.25) is 0 Å². The number of Topliss-reactive ketones (excluding diaryl/α,β-unsaturated/α-hetero) is 1. The highest BCUT2D eigenvalue weighted by Gasteiger charge is 2.49. The van der Waals surface area contributed by atoms with Crippen LogP contribution in [0.5, 0.6) is 0 Å². The second kappa shape index (κ2) is 7.33. The average molecular weight is 426 g/mol. The van der Waals surface area contributed by atoms with Gasteiger partial charge in [-0.05, 0) is 54.4 Å². The molecule has 2 aliphatic carbocycles. The van der Waals surface area contributed by atoms with Crippen LogP contribution in [0.4, 0.5) is 5.95 Å². The lowest BCUT2D eigenvalue weighted by atomic mass is 9.68. The normalized spacial score (nSPS) is 22.2. The van der Waals surface area contributed by atoms with Crippen LogP contribution in [-0.2, 0) is 10.3 Å². The third-order valence-corrected chi connectivity index (χ3v) is 7.94. The van der Waals surface area contributed by atoms with Gasteiger partial charge in [-0.1, -0.05) is 69.5 Å². The van der Waals surface area contributed by atoms with E-state index in [1.165, 1.54) is 17.5 Å². The molecular weight excluding hydrogens is 394 g/mol. The molecule has 32 heavy (non-hydrogen) atoms. The Balaban J connectivity index is 1.45. The Labute approximate surface area is 189 Å². The quantitative estimate of drug-likeness (QED) is 0.500. The second-order valence-electron chi connectivity index (χ2n) is 10.2. The first-order chi connectivity index (χ1) is 15.6. The van der Waals surface area contributed by atoms with Gasteiger partial charge in [0.25, 0.3) is 0 Å². The number of imidazole rings is 1.